The fourth-order valence-corrected chi connectivity index (χ4v) is 2.60. The molecule has 104 valence electrons. The van der Waals surface area contributed by atoms with Gasteiger partial charge < -0.3 is 5.73 Å². The summed E-state index contributed by atoms with van der Waals surface area (Å²) in [5, 5.41) is 0. The van der Waals surface area contributed by atoms with Crippen LogP contribution in [0.25, 0.3) is 0 Å². The fourth-order valence-electron chi connectivity index (χ4n) is 1.37. The van der Waals surface area contributed by atoms with E-state index in [1.54, 1.807) is 6.92 Å². The summed E-state index contributed by atoms with van der Waals surface area (Å²) in [4.78, 5) is -0.301. The molecular formula is C11H18ClFN2O2S. The number of rotatable bonds is 6. The van der Waals surface area contributed by atoms with Crippen molar-refractivity contribution >= 4 is 22.4 Å². The van der Waals surface area contributed by atoms with Gasteiger partial charge in [0, 0.05) is 6.54 Å². The summed E-state index contributed by atoms with van der Waals surface area (Å²) in [7, 11) is -3.76. The summed E-state index contributed by atoms with van der Waals surface area (Å²) in [5.74, 6) is -0.734. The van der Waals surface area contributed by atoms with E-state index < -0.39 is 15.8 Å². The van der Waals surface area contributed by atoms with Crippen LogP contribution in [0.4, 0.5) is 4.39 Å². The van der Waals surface area contributed by atoms with Crippen LogP contribution >= 0.6 is 12.4 Å². The second-order valence-corrected chi connectivity index (χ2v) is 5.56. The van der Waals surface area contributed by atoms with Gasteiger partial charge in [-0.25, -0.2) is 17.5 Å². The maximum Gasteiger partial charge on any atom is 0.243 e. The molecule has 7 heteroatoms. The van der Waals surface area contributed by atoms with Crippen molar-refractivity contribution in [2.45, 2.75) is 24.7 Å². The summed E-state index contributed by atoms with van der Waals surface area (Å²) in [6.45, 7) is 2.50. The highest BCUT2D eigenvalue weighted by atomic mass is 35.5. The quantitative estimate of drug-likeness (QED) is 0.783. The summed E-state index contributed by atoms with van der Waals surface area (Å²) >= 11 is 0. The van der Waals surface area contributed by atoms with E-state index in [-0.39, 0.29) is 23.8 Å². The Bertz CT molecular complexity index is 480. The Kier molecular flexibility index (Phi) is 7.39. The first-order chi connectivity index (χ1) is 7.97. The van der Waals surface area contributed by atoms with Crippen LogP contribution in [-0.2, 0) is 10.0 Å². The minimum absolute atomic E-state index is 0. The second kappa shape index (κ2) is 7.68. The Morgan fingerprint density at radius 3 is 2.61 bits per heavy atom. The minimum atomic E-state index is -3.76. The van der Waals surface area contributed by atoms with Crippen molar-refractivity contribution in [1.82, 2.24) is 4.72 Å². The molecule has 0 aromatic heterocycles. The zero-order valence-corrected chi connectivity index (χ0v) is 11.8. The molecule has 18 heavy (non-hydrogen) atoms. The number of nitrogens with one attached hydrogen (secondary N) is 1. The number of sulfonamides is 1. The van der Waals surface area contributed by atoms with Gasteiger partial charge in [-0.05, 0) is 44.0 Å². The average Bonchev–Trinajstić information content (AvgIpc) is 2.28. The number of hydrogen-bond donors (Lipinski definition) is 2. The maximum atomic E-state index is 13.4. The summed E-state index contributed by atoms with van der Waals surface area (Å²) < 4.78 is 39.3. The van der Waals surface area contributed by atoms with Crippen LogP contribution in [-0.4, -0.2) is 21.5 Å². The molecule has 4 nitrogen and oxygen atoms in total. The molecule has 0 saturated carbocycles. The number of hydrogen-bond acceptors (Lipinski definition) is 3. The van der Waals surface area contributed by atoms with E-state index in [2.05, 4.69) is 4.72 Å². The summed E-state index contributed by atoms with van der Waals surface area (Å²) in [6, 6.07) is 4.01. The molecule has 0 heterocycles. The Labute approximate surface area is 113 Å². The topological polar surface area (TPSA) is 72.2 Å². The molecule has 0 bridgehead atoms. The van der Waals surface area contributed by atoms with Crippen LogP contribution < -0.4 is 10.5 Å². The molecule has 0 unspecified atom stereocenters. The Morgan fingerprint density at radius 1 is 1.33 bits per heavy atom. The molecule has 1 rings (SSSR count). The van der Waals surface area contributed by atoms with E-state index in [4.69, 9.17) is 5.73 Å². The smallest absolute Gasteiger partial charge is 0.243 e. The van der Waals surface area contributed by atoms with Crippen molar-refractivity contribution in [3.63, 3.8) is 0 Å². The first kappa shape index (κ1) is 17.3. The molecule has 0 saturated heterocycles. The lowest BCUT2D eigenvalue weighted by molar-refractivity contribution is 0.554. The SMILES string of the molecule is Cc1ccc(F)c(S(=O)(=O)NCCCCN)c1.Cl. The normalized spacial score (nSPS) is 11.1. The van der Waals surface area contributed by atoms with Crippen molar-refractivity contribution in [2.75, 3.05) is 13.1 Å². The second-order valence-electron chi connectivity index (χ2n) is 3.83. The third-order valence-electron chi connectivity index (χ3n) is 2.30. The lowest BCUT2D eigenvalue weighted by atomic mass is 10.2. The Hall–Kier alpha value is -0.690. The molecule has 1 aromatic rings. The van der Waals surface area contributed by atoms with E-state index in [9.17, 15) is 12.8 Å². The minimum Gasteiger partial charge on any atom is -0.330 e. The highest BCUT2D eigenvalue weighted by Crippen LogP contribution is 2.15. The van der Waals surface area contributed by atoms with Gasteiger partial charge >= 0.3 is 0 Å². The van der Waals surface area contributed by atoms with E-state index in [0.29, 0.717) is 18.5 Å². The Morgan fingerprint density at radius 2 is 2.00 bits per heavy atom. The molecule has 1 aromatic carbocycles. The van der Waals surface area contributed by atoms with Gasteiger partial charge in [0.25, 0.3) is 0 Å². The van der Waals surface area contributed by atoms with Gasteiger partial charge in [-0.1, -0.05) is 6.07 Å². The molecule has 0 aliphatic carbocycles. The molecule has 0 aliphatic heterocycles. The summed E-state index contributed by atoms with van der Waals surface area (Å²) in [5.41, 5.74) is 6.00. The van der Waals surface area contributed by atoms with Crippen LogP contribution in [0.1, 0.15) is 18.4 Å². The van der Waals surface area contributed by atoms with Gasteiger partial charge in [-0.3, -0.25) is 0 Å². The lowest BCUT2D eigenvalue weighted by Crippen LogP contribution is -2.26. The number of nitrogens with two attached hydrogens (primary N) is 1. The van der Waals surface area contributed by atoms with Crippen LogP contribution in [0.5, 0.6) is 0 Å². The average molecular weight is 297 g/mol. The lowest BCUT2D eigenvalue weighted by Gasteiger charge is -2.08. The molecule has 0 fully saturated rings. The number of aryl methyl sites for hydroxylation is 1. The highest BCUT2D eigenvalue weighted by Gasteiger charge is 2.18. The van der Waals surface area contributed by atoms with Gasteiger partial charge in [-0.2, -0.15) is 0 Å². The molecule has 3 N–H and O–H groups in total. The number of unbranched alkanes of at least 4 members (excludes halogenated alkanes) is 1. The van der Waals surface area contributed by atoms with E-state index in [0.717, 1.165) is 12.5 Å². The zero-order valence-electron chi connectivity index (χ0n) is 10.1. The van der Waals surface area contributed by atoms with Crippen LogP contribution in [0.15, 0.2) is 23.1 Å². The van der Waals surface area contributed by atoms with Gasteiger partial charge in [0.2, 0.25) is 10.0 Å². The third kappa shape index (κ3) is 4.89. The van der Waals surface area contributed by atoms with Crippen molar-refractivity contribution in [3.8, 4) is 0 Å². The maximum absolute atomic E-state index is 13.4. The van der Waals surface area contributed by atoms with Crippen molar-refractivity contribution < 1.29 is 12.8 Å². The molecular weight excluding hydrogens is 279 g/mol. The summed E-state index contributed by atoms with van der Waals surface area (Å²) in [6.07, 6.45) is 1.38. The molecule has 0 radical (unpaired) electrons. The van der Waals surface area contributed by atoms with E-state index in [1.807, 2.05) is 0 Å². The van der Waals surface area contributed by atoms with Gasteiger partial charge in [0.1, 0.15) is 10.7 Å². The molecule has 0 spiro atoms. The predicted molar refractivity (Wildman–Crippen MR) is 71.9 cm³/mol. The largest absolute Gasteiger partial charge is 0.330 e. The standard InChI is InChI=1S/C11H17FN2O2S.ClH/c1-9-4-5-10(12)11(8-9)17(15,16)14-7-3-2-6-13;/h4-5,8,14H,2-3,6-7,13H2,1H3;1H. The first-order valence-corrected chi connectivity index (χ1v) is 6.91. The predicted octanol–water partition coefficient (Wildman–Crippen LogP) is 1.57. The number of benzene rings is 1. The van der Waals surface area contributed by atoms with Gasteiger partial charge in [0.05, 0.1) is 0 Å². The van der Waals surface area contributed by atoms with Crippen LogP contribution in [0, 0.1) is 12.7 Å². The zero-order chi connectivity index (χ0) is 12.9. The van der Waals surface area contributed by atoms with E-state index >= 15 is 0 Å². The fraction of sp³-hybridized carbons (Fsp3) is 0.455. The van der Waals surface area contributed by atoms with Crippen LogP contribution in [0.3, 0.4) is 0 Å². The highest BCUT2D eigenvalue weighted by molar-refractivity contribution is 7.89. The van der Waals surface area contributed by atoms with Crippen molar-refractivity contribution in [3.05, 3.63) is 29.6 Å². The van der Waals surface area contributed by atoms with Gasteiger partial charge in [-0.15, -0.1) is 12.4 Å². The number of halogens is 2. The molecule has 0 aliphatic rings. The van der Waals surface area contributed by atoms with Gasteiger partial charge in [0.15, 0.2) is 0 Å². The van der Waals surface area contributed by atoms with Crippen molar-refractivity contribution in [2.24, 2.45) is 5.73 Å². The molecule has 0 amide bonds. The molecule has 0 atom stereocenters. The van der Waals surface area contributed by atoms with Crippen LogP contribution in [0.2, 0.25) is 0 Å². The Balaban J connectivity index is 0.00000289. The third-order valence-corrected chi connectivity index (χ3v) is 3.78. The van der Waals surface area contributed by atoms with E-state index in [1.165, 1.54) is 12.1 Å². The first-order valence-electron chi connectivity index (χ1n) is 5.43. The van der Waals surface area contributed by atoms with Crippen molar-refractivity contribution in [1.29, 1.82) is 0 Å². The monoisotopic (exact) mass is 296 g/mol.